The summed E-state index contributed by atoms with van der Waals surface area (Å²) in [7, 11) is 0. The molecule has 1 fully saturated rings. The van der Waals surface area contributed by atoms with E-state index >= 15 is 0 Å². The number of ether oxygens (including phenoxy) is 3. The summed E-state index contributed by atoms with van der Waals surface area (Å²) >= 11 is 0. The minimum absolute atomic E-state index is 0.00318. The van der Waals surface area contributed by atoms with E-state index in [1.807, 2.05) is 11.1 Å². The van der Waals surface area contributed by atoms with Crippen LogP contribution in [0.3, 0.4) is 0 Å². The lowest BCUT2D eigenvalue weighted by Crippen LogP contribution is -2.49. The summed E-state index contributed by atoms with van der Waals surface area (Å²) in [5.74, 6) is -0.702. The average Bonchev–Trinajstić information content (AvgIpc) is 3.18. The first-order valence-electron chi connectivity index (χ1n) is 12.9. The van der Waals surface area contributed by atoms with Crippen molar-refractivity contribution in [2.75, 3.05) is 26.2 Å². The first-order chi connectivity index (χ1) is 19.3. The minimum atomic E-state index is -1.54. The Labute approximate surface area is 235 Å². The van der Waals surface area contributed by atoms with Gasteiger partial charge in [0.2, 0.25) is 0 Å². The molecule has 224 valence electrons. The van der Waals surface area contributed by atoms with E-state index in [0.29, 0.717) is 0 Å². The van der Waals surface area contributed by atoms with Crippen LogP contribution in [0.4, 0.5) is 9.59 Å². The van der Waals surface area contributed by atoms with Crippen molar-refractivity contribution in [3.8, 4) is 0 Å². The van der Waals surface area contributed by atoms with E-state index in [-0.39, 0.29) is 26.2 Å². The molecule has 0 saturated carbocycles. The number of urea groups is 1. The first-order valence-corrected chi connectivity index (χ1v) is 12.9. The van der Waals surface area contributed by atoms with Gasteiger partial charge in [0.15, 0.2) is 6.23 Å². The Morgan fingerprint density at radius 1 is 1.07 bits per heavy atom. The molecule has 0 spiro atoms. The normalized spacial score (nSPS) is 20.2. The number of aliphatic hydroxyl groups excluding tert-OH is 2. The molecule has 2 aromatic rings. The minimum Gasteiger partial charge on any atom is -0.459 e. The molecule has 15 heteroatoms. The van der Waals surface area contributed by atoms with Crippen molar-refractivity contribution in [2.45, 2.75) is 57.5 Å². The van der Waals surface area contributed by atoms with Crippen LogP contribution in [0.25, 0.3) is 0 Å². The van der Waals surface area contributed by atoms with E-state index in [2.05, 4.69) is 10.6 Å². The van der Waals surface area contributed by atoms with E-state index in [1.54, 1.807) is 45.0 Å². The van der Waals surface area contributed by atoms with Crippen LogP contribution >= 0.6 is 0 Å². The van der Waals surface area contributed by atoms with E-state index in [0.717, 1.165) is 27.3 Å². The number of carbonyl (C=O) groups is 3. The molecule has 0 radical (unpaired) electrons. The monoisotopic (exact) mass is 577 g/mol. The molecule has 4 atom stereocenters. The van der Waals surface area contributed by atoms with Crippen LogP contribution in [0.2, 0.25) is 0 Å². The zero-order valence-electron chi connectivity index (χ0n) is 22.9. The van der Waals surface area contributed by atoms with E-state index in [9.17, 15) is 34.2 Å². The summed E-state index contributed by atoms with van der Waals surface area (Å²) in [6, 6.07) is 9.26. The molecule has 1 aromatic carbocycles. The number of benzene rings is 1. The lowest BCUT2D eigenvalue weighted by Gasteiger charge is -2.24. The predicted octanol–water partition coefficient (Wildman–Crippen LogP) is -0.564. The number of nitrogens with one attached hydrogen (secondary N) is 3. The van der Waals surface area contributed by atoms with E-state index in [4.69, 9.17) is 14.2 Å². The largest absolute Gasteiger partial charge is 0.459 e. The number of hydrogen-bond acceptors (Lipinski definition) is 10. The van der Waals surface area contributed by atoms with Gasteiger partial charge in [-0.3, -0.25) is 19.1 Å². The number of rotatable bonds is 10. The fourth-order valence-electron chi connectivity index (χ4n) is 3.85. The third-order valence-corrected chi connectivity index (χ3v) is 5.82. The van der Waals surface area contributed by atoms with Crippen LogP contribution in [-0.2, 0) is 25.6 Å². The summed E-state index contributed by atoms with van der Waals surface area (Å²) in [4.78, 5) is 64.1. The van der Waals surface area contributed by atoms with E-state index in [1.165, 1.54) is 0 Å². The third-order valence-electron chi connectivity index (χ3n) is 5.82. The molecule has 3 amide bonds. The number of nitrogens with zero attached hydrogens (tertiary/aromatic N) is 2. The van der Waals surface area contributed by atoms with Crippen molar-refractivity contribution < 1.29 is 38.8 Å². The summed E-state index contributed by atoms with van der Waals surface area (Å²) in [6.07, 6.45) is -5.07. The van der Waals surface area contributed by atoms with Crippen molar-refractivity contribution >= 4 is 18.1 Å². The highest BCUT2D eigenvalue weighted by Crippen LogP contribution is 2.27. The molecule has 3 rings (SSSR count). The Morgan fingerprint density at radius 3 is 2.44 bits per heavy atom. The Morgan fingerprint density at radius 2 is 1.78 bits per heavy atom. The van der Waals surface area contributed by atoms with Gasteiger partial charge >= 0.3 is 23.8 Å². The number of esters is 1. The van der Waals surface area contributed by atoms with Gasteiger partial charge < -0.3 is 40.0 Å². The number of hydrogen-bond donors (Lipinski definition) is 5. The average molecular weight is 578 g/mol. The van der Waals surface area contributed by atoms with Gasteiger partial charge in [0, 0.05) is 31.9 Å². The summed E-state index contributed by atoms with van der Waals surface area (Å²) in [5.41, 5.74) is -1.47. The van der Waals surface area contributed by atoms with Crippen molar-refractivity contribution in [1.82, 2.24) is 25.1 Å². The Kier molecular flexibility index (Phi) is 10.6. The fraction of sp³-hybridized carbons (Fsp3) is 0.500. The van der Waals surface area contributed by atoms with Crippen molar-refractivity contribution in [3.63, 3.8) is 0 Å². The quantitative estimate of drug-likeness (QED) is 0.228. The molecule has 15 nitrogen and oxygen atoms in total. The van der Waals surface area contributed by atoms with Gasteiger partial charge in [-0.2, -0.15) is 0 Å². The molecule has 1 aromatic heterocycles. The maximum Gasteiger partial charge on any atom is 0.407 e. The Hall–Kier alpha value is -4.21. The predicted molar refractivity (Wildman–Crippen MR) is 143 cm³/mol. The molecule has 1 aliphatic heterocycles. The Balaban J connectivity index is 1.60. The number of carbonyl (C=O) groups excluding carboxylic acids is 3. The van der Waals surface area contributed by atoms with Gasteiger partial charge in [0.05, 0.1) is 0 Å². The van der Waals surface area contributed by atoms with Gasteiger partial charge in [-0.25, -0.2) is 14.4 Å². The number of amides is 3. The highest BCUT2D eigenvalue weighted by atomic mass is 16.6. The van der Waals surface area contributed by atoms with Crippen LogP contribution in [0.5, 0.6) is 0 Å². The van der Waals surface area contributed by atoms with Gasteiger partial charge in [0.25, 0.3) is 5.56 Å². The molecule has 1 saturated heterocycles. The standard InChI is InChI=1S/C26H35N5O10/c1-26(2,3)41-25(38)27-10-12-30(14-19(33)39-15-16-7-5-4-6-8-16)23(36)28-13-17-20(34)21(35)22(40-17)31-11-9-18(32)29-24(31)37/h4-9,11,17,20-22,34-35H,10,12-15H2,1-3H3,(H,27,38)(H,28,36)(H,29,32,37)/t17-,20+,21?,22-/m1/s1. The number of aliphatic hydroxyl groups is 2. The molecule has 1 aliphatic rings. The number of aromatic amines is 1. The summed E-state index contributed by atoms with van der Waals surface area (Å²) in [6.45, 7) is 4.18. The topological polar surface area (TPSA) is 202 Å². The maximum atomic E-state index is 13.0. The highest BCUT2D eigenvalue weighted by molar-refractivity contribution is 5.81. The van der Waals surface area contributed by atoms with E-state index < -0.39 is 66.0 Å². The van der Waals surface area contributed by atoms with Crippen LogP contribution in [0, 0.1) is 0 Å². The fourth-order valence-corrected chi connectivity index (χ4v) is 3.85. The van der Waals surface area contributed by atoms with Gasteiger partial charge in [-0.05, 0) is 26.3 Å². The molecule has 0 aliphatic carbocycles. The molecule has 2 heterocycles. The van der Waals surface area contributed by atoms with Crippen LogP contribution in [0.15, 0.2) is 52.2 Å². The maximum absolute atomic E-state index is 13.0. The number of alkyl carbamates (subject to hydrolysis) is 1. The molecule has 1 unspecified atom stereocenters. The van der Waals surface area contributed by atoms with Gasteiger partial charge in [0.1, 0.15) is 37.1 Å². The van der Waals surface area contributed by atoms with Gasteiger partial charge in [-0.15, -0.1) is 0 Å². The second-order valence-corrected chi connectivity index (χ2v) is 10.2. The molecule has 41 heavy (non-hydrogen) atoms. The van der Waals surface area contributed by atoms with Crippen LogP contribution in [-0.4, -0.2) is 92.8 Å². The Bertz CT molecular complexity index is 1310. The second-order valence-electron chi connectivity index (χ2n) is 10.2. The first kappa shape index (κ1) is 31.3. The van der Waals surface area contributed by atoms with Crippen molar-refractivity contribution in [2.24, 2.45) is 0 Å². The lowest BCUT2D eigenvalue weighted by molar-refractivity contribution is -0.145. The van der Waals surface area contributed by atoms with Gasteiger partial charge in [-0.1, -0.05) is 30.3 Å². The number of H-pyrrole nitrogens is 1. The molecule has 0 bridgehead atoms. The number of aromatic nitrogens is 2. The lowest BCUT2D eigenvalue weighted by atomic mass is 10.1. The van der Waals surface area contributed by atoms with Crippen LogP contribution in [0.1, 0.15) is 32.6 Å². The zero-order chi connectivity index (χ0) is 30.2. The molecular formula is C26H35N5O10. The van der Waals surface area contributed by atoms with Crippen LogP contribution < -0.4 is 21.9 Å². The van der Waals surface area contributed by atoms with Crippen molar-refractivity contribution in [1.29, 1.82) is 0 Å². The molecule has 5 N–H and O–H groups in total. The highest BCUT2D eigenvalue weighted by Gasteiger charge is 2.44. The second kappa shape index (κ2) is 13.9. The third kappa shape index (κ3) is 9.44. The SMILES string of the molecule is CC(C)(C)OC(=O)NCCN(CC(=O)OCc1ccccc1)C(=O)NC[C@H]1O[C@@H](n2ccc(=O)[nH]c2=O)C(O)[C@H]1O. The van der Waals surface area contributed by atoms with Crippen molar-refractivity contribution in [3.05, 3.63) is 69.0 Å². The summed E-state index contributed by atoms with van der Waals surface area (Å²) in [5, 5.41) is 25.9. The zero-order valence-corrected chi connectivity index (χ0v) is 22.9. The molecular weight excluding hydrogens is 542 g/mol. The summed E-state index contributed by atoms with van der Waals surface area (Å²) < 4.78 is 16.9. The smallest absolute Gasteiger partial charge is 0.407 e.